The van der Waals surface area contributed by atoms with Gasteiger partial charge < -0.3 is 14.5 Å². The molecular weight excluding hydrogens is 410 g/mol. The molecule has 0 spiro atoms. The first-order valence-corrected chi connectivity index (χ1v) is 11.6. The highest BCUT2D eigenvalue weighted by atomic mass is 16.5. The number of rotatable bonds is 6. The number of hydrogen-bond acceptors (Lipinski definition) is 3. The fourth-order valence-electron chi connectivity index (χ4n) is 5.75. The van der Waals surface area contributed by atoms with Crippen molar-refractivity contribution in [1.82, 2.24) is 4.98 Å². The minimum Gasteiger partial charge on any atom is -0.497 e. The first-order valence-electron chi connectivity index (χ1n) is 11.6. The third-order valence-corrected chi connectivity index (χ3v) is 7.68. The molecule has 170 valence electrons. The maximum atomic E-state index is 13.9. The Kier molecular flexibility index (Phi) is 5.00. The molecule has 1 N–H and O–H groups in total. The molecule has 0 aliphatic heterocycles. The summed E-state index contributed by atoms with van der Waals surface area (Å²) in [6.07, 6.45) is 0.958. The monoisotopic (exact) mass is 441 g/mol. The Morgan fingerprint density at radius 2 is 1.82 bits per heavy atom. The van der Waals surface area contributed by atoms with Crippen molar-refractivity contribution in [3.05, 3.63) is 70.8 Å². The number of nitrogens with one attached hydrogen (secondary N) is 1. The van der Waals surface area contributed by atoms with Gasteiger partial charge in [0.15, 0.2) is 5.78 Å². The van der Waals surface area contributed by atoms with Crippen LogP contribution in [0.15, 0.2) is 48.5 Å². The van der Waals surface area contributed by atoms with Gasteiger partial charge in [0.05, 0.1) is 19.8 Å². The molecule has 5 rings (SSSR count). The molecular formula is C29H31NO3. The number of carbonyl (C=O) groups excluding carboxylic acids is 1. The van der Waals surface area contributed by atoms with Crippen LogP contribution in [0.1, 0.15) is 53.7 Å². The van der Waals surface area contributed by atoms with E-state index in [1.165, 1.54) is 33.0 Å². The Hall–Kier alpha value is -3.27. The minimum absolute atomic E-state index is 0.118. The summed E-state index contributed by atoms with van der Waals surface area (Å²) in [4.78, 5) is 17.5. The first-order chi connectivity index (χ1) is 15.8. The molecule has 1 aromatic heterocycles. The molecule has 2 unspecified atom stereocenters. The summed E-state index contributed by atoms with van der Waals surface area (Å²) >= 11 is 0. The van der Waals surface area contributed by atoms with E-state index in [1.807, 2.05) is 12.1 Å². The largest absolute Gasteiger partial charge is 0.497 e. The normalized spacial score (nSPS) is 19.1. The van der Waals surface area contributed by atoms with Crippen molar-refractivity contribution in [2.45, 2.75) is 40.0 Å². The number of H-pyrrole nitrogens is 1. The number of aromatic nitrogens is 1. The van der Waals surface area contributed by atoms with Crippen molar-refractivity contribution in [3.8, 4) is 11.5 Å². The van der Waals surface area contributed by atoms with Crippen LogP contribution in [0.25, 0.3) is 21.8 Å². The zero-order valence-corrected chi connectivity index (χ0v) is 20.2. The molecule has 2 atom stereocenters. The van der Waals surface area contributed by atoms with Gasteiger partial charge in [0.1, 0.15) is 11.5 Å². The summed E-state index contributed by atoms with van der Waals surface area (Å²) in [6.45, 7) is 8.81. The molecule has 1 heterocycles. The lowest BCUT2D eigenvalue weighted by Crippen LogP contribution is -2.09. The highest BCUT2D eigenvalue weighted by Crippen LogP contribution is 2.67. The molecule has 0 saturated heterocycles. The van der Waals surface area contributed by atoms with Crippen LogP contribution >= 0.6 is 0 Å². The van der Waals surface area contributed by atoms with Gasteiger partial charge in [-0.1, -0.05) is 45.0 Å². The number of Topliss-reactive ketones (excluding diaryl/α,β-unsaturated/α-hetero) is 1. The highest BCUT2D eigenvalue weighted by molar-refractivity contribution is 6.12. The summed E-state index contributed by atoms with van der Waals surface area (Å²) in [6, 6.07) is 16.3. The third kappa shape index (κ3) is 3.15. The van der Waals surface area contributed by atoms with E-state index < -0.39 is 0 Å². The van der Waals surface area contributed by atoms with E-state index in [1.54, 1.807) is 20.3 Å². The van der Waals surface area contributed by atoms with Gasteiger partial charge in [0, 0.05) is 33.6 Å². The van der Waals surface area contributed by atoms with Crippen LogP contribution in [-0.4, -0.2) is 25.0 Å². The van der Waals surface area contributed by atoms with Crippen molar-refractivity contribution in [1.29, 1.82) is 0 Å². The first kappa shape index (κ1) is 21.6. The van der Waals surface area contributed by atoms with Gasteiger partial charge in [-0.3, -0.25) is 4.79 Å². The van der Waals surface area contributed by atoms with Crippen molar-refractivity contribution in [2.24, 2.45) is 11.3 Å². The predicted octanol–water partition coefficient (Wildman–Crippen LogP) is 6.83. The van der Waals surface area contributed by atoms with E-state index in [9.17, 15) is 4.79 Å². The Bertz CT molecular complexity index is 1400. The Balaban J connectivity index is 1.69. The maximum absolute atomic E-state index is 13.9. The number of benzene rings is 3. The van der Waals surface area contributed by atoms with Gasteiger partial charge in [0.25, 0.3) is 0 Å². The quantitative estimate of drug-likeness (QED) is 0.334. The number of hydrogen-bond donors (Lipinski definition) is 1. The van der Waals surface area contributed by atoms with E-state index >= 15 is 0 Å². The molecule has 0 bridgehead atoms. The van der Waals surface area contributed by atoms with Crippen LogP contribution in [0, 0.1) is 18.3 Å². The molecule has 1 aliphatic rings. The molecule has 3 aromatic carbocycles. The van der Waals surface area contributed by atoms with Crippen LogP contribution in [-0.2, 0) is 6.42 Å². The smallest absolute Gasteiger partial charge is 0.170 e. The number of ketones is 1. The van der Waals surface area contributed by atoms with Crippen molar-refractivity contribution in [2.75, 3.05) is 14.2 Å². The fourth-order valence-corrected chi connectivity index (χ4v) is 5.75. The second kappa shape index (κ2) is 7.65. The third-order valence-electron chi connectivity index (χ3n) is 7.68. The Morgan fingerprint density at radius 3 is 2.52 bits per heavy atom. The van der Waals surface area contributed by atoms with Gasteiger partial charge in [-0.25, -0.2) is 0 Å². The summed E-state index contributed by atoms with van der Waals surface area (Å²) in [5, 5.41) is 2.48. The lowest BCUT2D eigenvalue weighted by Gasteiger charge is -2.12. The second-order valence-corrected chi connectivity index (χ2v) is 9.73. The number of carbonyl (C=O) groups is 1. The number of para-hydroxylation sites is 1. The molecule has 1 aliphatic carbocycles. The van der Waals surface area contributed by atoms with Crippen molar-refractivity contribution < 1.29 is 14.3 Å². The topological polar surface area (TPSA) is 51.3 Å². The van der Waals surface area contributed by atoms with E-state index in [0.717, 1.165) is 11.9 Å². The predicted molar refractivity (Wildman–Crippen MR) is 134 cm³/mol. The van der Waals surface area contributed by atoms with Crippen LogP contribution in [0.4, 0.5) is 0 Å². The van der Waals surface area contributed by atoms with Gasteiger partial charge in [-0.05, 0) is 59.7 Å². The van der Waals surface area contributed by atoms with Gasteiger partial charge in [-0.2, -0.15) is 0 Å². The molecule has 33 heavy (non-hydrogen) atoms. The molecule has 4 aromatic rings. The van der Waals surface area contributed by atoms with E-state index in [0.29, 0.717) is 17.1 Å². The zero-order chi connectivity index (χ0) is 23.5. The Morgan fingerprint density at radius 1 is 1.06 bits per heavy atom. The lowest BCUT2D eigenvalue weighted by molar-refractivity contribution is 0.0948. The number of ether oxygens (including phenoxy) is 2. The molecule has 4 nitrogen and oxygen atoms in total. The molecule has 1 saturated carbocycles. The molecule has 0 radical (unpaired) electrons. The summed E-state index contributed by atoms with van der Waals surface area (Å²) in [7, 11) is 3.23. The van der Waals surface area contributed by atoms with Crippen LogP contribution in [0.5, 0.6) is 11.5 Å². The van der Waals surface area contributed by atoms with Gasteiger partial charge in [0.2, 0.25) is 0 Å². The molecule has 1 fully saturated rings. The van der Waals surface area contributed by atoms with E-state index in [2.05, 4.69) is 63.0 Å². The van der Waals surface area contributed by atoms with E-state index in [-0.39, 0.29) is 23.0 Å². The number of methoxy groups -OCH3 is 2. The fraction of sp³-hybridized carbons (Fsp3) is 0.345. The second-order valence-electron chi connectivity index (χ2n) is 9.73. The van der Waals surface area contributed by atoms with Crippen LogP contribution in [0.3, 0.4) is 0 Å². The van der Waals surface area contributed by atoms with E-state index in [4.69, 9.17) is 9.47 Å². The minimum atomic E-state index is -0.156. The van der Waals surface area contributed by atoms with Gasteiger partial charge >= 0.3 is 0 Å². The number of fused-ring (bicyclic) bond motifs is 3. The van der Waals surface area contributed by atoms with Gasteiger partial charge in [-0.15, -0.1) is 0 Å². The van der Waals surface area contributed by atoms with Crippen molar-refractivity contribution >= 4 is 27.6 Å². The summed E-state index contributed by atoms with van der Waals surface area (Å²) in [5.41, 5.74) is 6.67. The zero-order valence-electron chi connectivity index (χ0n) is 20.2. The standard InChI is InChI=1S/C29H31NO3/c1-7-17-14-21(24-19-10-8-9-11-22(19)30-27(24)16(17)2)25-26(29(25,3)4)28(31)20-15-18(32-5)12-13-23(20)33-6/h8-15,25-26,30H,7H2,1-6H3. The maximum Gasteiger partial charge on any atom is 0.170 e. The SMILES string of the molecule is CCc1cc(C2C(C(=O)c3cc(OC)ccc3OC)C2(C)C)c2c([nH]c3ccccc32)c1C. The number of aromatic amines is 1. The lowest BCUT2D eigenvalue weighted by atomic mass is 9.92. The molecule has 0 amide bonds. The average molecular weight is 442 g/mol. The van der Waals surface area contributed by atoms with Crippen molar-refractivity contribution in [3.63, 3.8) is 0 Å². The van der Waals surface area contributed by atoms with Crippen LogP contribution < -0.4 is 9.47 Å². The summed E-state index contributed by atoms with van der Waals surface area (Å²) in [5.74, 6) is 1.39. The number of aryl methyl sites for hydroxylation is 2. The Labute approximate surface area is 194 Å². The average Bonchev–Trinajstić information content (AvgIpc) is 3.19. The summed E-state index contributed by atoms with van der Waals surface area (Å²) < 4.78 is 10.9. The molecule has 4 heteroatoms. The van der Waals surface area contributed by atoms with Crippen LogP contribution in [0.2, 0.25) is 0 Å². The highest BCUT2D eigenvalue weighted by Gasteiger charge is 2.62.